The van der Waals surface area contributed by atoms with Gasteiger partial charge < -0.3 is 15.4 Å². The van der Waals surface area contributed by atoms with Crippen molar-refractivity contribution in [1.82, 2.24) is 9.80 Å². The Bertz CT molecular complexity index is 164. The highest BCUT2D eigenvalue weighted by Crippen LogP contribution is 2.03. The van der Waals surface area contributed by atoms with Crippen molar-refractivity contribution in [2.45, 2.75) is 32.9 Å². The lowest BCUT2D eigenvalue weighted by Gasteiger charge is -2.32. The van der Waals surface area contributed by atoms with E-state index in [9.17, 15) is 0 Å². The average Bonchev–Trinajstić information content (AvgIpc) is 2.22. The molecule has 98 valence electrons. The molecule has 0 spiro atoms. The van der Waals surface area contributed by atoms with Crippen LogP contribution in [0.5, 0.6) is 0 Å². The number of nitrogens with zero attached hydrogens (tertiary/aromatic N) is 2. The molecule has 0 saturated carbocycles. The first kappa shape index (κ1) is 15.8. The van der Waals surface area contributed by atoms with Gasteiger partial charge in [-0.05, 0) is 34.5 Å². The average molecular weight is 231 g/mol. The Hall–Kier alpha value is -0.160. The van der Waals surface area contributed by atoms with Crippen LogP contribution >= 0.6 is 0 Å². The zero-order valence-electron chi connectivity index (χ0n) is 11.6. The molecule has 0 bridgehead atoms. The second-order valence-electron chi connectivity index (χ2n) is 4.51. The van der Waals surface area contributed by atoms with Gasteiger partial charge in [0.2, 0.25) is 0 Å². The molecule has 0 radical (unpaired) electrons. The third kappa shape index (κ3) is 6.43. The molecule has 0 aromatic heterocycles. The monoisotopic (exact) mass is 231 g/mol. The SMILES string of the molecule is CCOC(CN)CN(CC)C(C)CN(C)C. The van der Waals surface area contributed by atoms with Gasteiger partial charge in [0.1, 0.15) is 0 Å². The van der Waals surface area contributed by atoms with Gasteiger partial charge >= 0.3 is 0 Å². The summed E-state index contributed by atoms with van der Waals surface area (Å²) in [7, 11) is 4.21. The third-order valence-corrected chi connectivity index (χ3v) is 2.76. The van der Waals surface area contributed by atoms with Gasteiger partial charge in [-0.3, -0.25) is 4.90 Å². The summed E-state index contributed by atoms with van der Waals surface area (Å²) >= 11 is 0. The minimum absolute atomic E-state index is 0.162. The van der Waals surface area contributed by atoms with Crippen molar-refractivity contribution in [3.63, 3.8) is 0 Å². The quantitative estimate of drug-likeness (QED) is 0.632. The molecule has 4 heteroatoms. The van der Waals surface area contributed by atoms with E-state index in [2.05, 4.69) is 37.7 Å². The van der Waals surface area contributed by atoms with E-state index >= 15 is 0 Å². The van der Waals surface area contributed by atoms with E-state index in [4.69, 9.17) is 10.5 Å². The van der Waals surface area contributed by atoms with Crippen LogP contribution in [0.4, 0.5) is 0 Å². The zero-order chi connectivity index (χ0) is 12.6. The minimum Gasteiger partial charge on any atom is -0.376 e. The van der Waals surface area contributed by atoms with Crippen LogP contribution in [0.15, 0.2) is 0 Å². The lowest BCUT2D eigenvalue weighted by Crippen LogP contribution is -2.46. The van der Waals surface area contributed by atoms with E-state index in [-0.39, 0.29) is 6.10 Å². The fraction of sp³-hybridized carbons (Fsp3) is 1.00. The van der Waals surface area contributed by atoms with Gasteiger partial charge in [0.25, 0.3) is 0 Å². The Balaban J connectivity index is 4.14. The predicted molar refractivity (Wildman–Crippen MR) is 69.7 cm³/mol. The summed E-state index contributed by atoms with van der Waals surface area (Å²) in [6.45, 7) is 10.8. The molecule has 2 N–H and O–H groups in total. The maximum atomic E-state index is 5.70. The highest BCUT2D eigenvalue weighted by molar-refractivity contribution is 4.73. The highest BCUT2D eigenvalue weighted by atomic mass is 16.5. The maximum absolute atomic E-state index is 5.70. The Morgan fingerprint density at radius 3 is 2.19 bits per heavy atom. The fourth-order valence-electron chi connectivity index (χ4n) is 1.96. The Morgan fingerprint density at radius 2 is 1.81 bits per heavy atom. The Morgan fingerprint density at radius 1 is 1.19 bits per heavy atom. The molecular weight excluding hydrogens is 202 g/mol. The van der Waals surface area contributed by atoms with E-state index in [0.717, 1.165) is 26.2 Å². The second kappa shape index (κ2) is 8.93. The van der Waals surface area contributed by atoms with Crippen molar-refractivity contribution < 1.29 is 4.74 Å². The smallest absolute Gasteiger partial charge is 0.0823 e. The Kier molecular flexibility index (Phi) is 8.84. The molecular formula is C12H29N3O. The zero-order valence-corrected chi connectivity index (χ0v) is 11.6. The van der Waals surface area contributed by atoms with Crippen LogP contribution in [0.1, 0.15) is 20.8 Å². The van der Waals surface area contributed by atoms with Crippen LogP contribution in [0.2, 0.25) is 0 Å². The highest BCUT2D eigenvalue weighted by Gasteiger charge is 2.17. The van der Waals surface area contributed by atoms with Gasteiger partial charge in [0, 0.05) is 32.3 Å². The normalized spacial score (nSPS) is 15.8. The Labute approximate surface area is 101 Å². The number of hydrogen-bond donors (Lipinski definition) is 1. The van der Waals surface area contributed by atoms with Crippen molar-refractivity contribution in [3.8, 4) is 0 Å². The number of likely N-dealkylation sites (N-methyl/N-ethyl adjacent to an activating group) is 2. The topological polar surface area (TPSA) is 41.7 Å². The molecule has 2 unspecified atom stereocenters. The standard InChI is InChI=1S/C12H29N3O/c1-6-15(11(3)9-14(4)5)10-12(8-13)16-7-2/h11-12H,6-10,13H2,1-5H3. The molecule has 0 aromatic rings. The van der Waals surface area contributed by atoms with Crippen LogP contribution in [0.25, 0.3) is 0 Å². The van der Waals surface area contributed by atoms with Crippen LogP contribution in [0, 0.1) is 0 Å². The number of hydrogen-bond acceptors (Lipinski definition) is 4. The van der Waals surface area contributed by atoms with Crippen molar-refractivity contribution in [1.29, 1.82) is 0 Å². The van der Waals surface area contributed by atoms with Crippen molar-refractivity contribution >= 4 is 0 Å². The molecule has 0 aromatic carbocycles. The van der Waals surface area contributed by atoms with Gasteiger partial charge in [0.05, 0.1) is 6.10 Å². The molecule has 0 aliphatic heterocycles. The maximum Gasteiger partial charge on any atom is 0.0823 e. The molecule has 0 aliphatic carbocycles. The van der Waals surface area contributed by atoms with Crippen molar-refractivity contribution in [2.24, 2.45) is 5.73 Å². The van der Waals surface area contributed by atoms with Crippen molar-refractivity contribution in [3.05, 3.63) is 0 Å². The summed E-state index contributed by atoms with van der Waals surface area (Å²) in [6, 6.07) is 0.537. The largest absolute Gasteiger partial charge is 0.376 e. The summed E-state index contributed by atoms with van der Waals surface area (Å²) < 4.78 is 5.60. The van der Waals surface area contributed by atoms with Crippen LogP contribution in [-0.4, -0.2) is 68.8 Å². The van der Waals surface area contributed by atoms with Crippen LogP contribution in [0.3, 0.4) is 0 Å². The summed E-state index contributed by atoms with van der Waals surface area (Å²) in [5.74, 6) is 0. The first-order valence-electron chi connectivity index (χ1n) is 6.25. The number of nitrogens with two attached hydrogens (primary N) is 1. The van der Waals surface area contributed by atoms with Gasteiger partial charge in [-0.1, -0.05) is 6.92 Å². The van der Waals surface area contributed by atoms with Crippen LogP contribution < -0.4 is 5.73 Å². The molecule has 0 rings (SSSR count). The van der Waals surface area contributed by atoms with Crippen molar-refractivity contribution in [2.75, 3.05) is 46.9 Å². The summed E-state index contributed by atoms with van der Waals surface area (Å²) in [5.41, 5.74) is 5.70. The number of ether oxygens (including phenoxy) is 1. The summed E-state index contributed by atoms with van der Waals surface area (Å²) in [4.78, 5) is 4.64. The fourth-order valence-corrected chi connectivity index (χ4v) is 1.96. The van der Waals surface area contributed by atoms with Gasteiger partial charge in [-0.25, -0.2) is 0 Å². The van der Waals surface area contributed by atoms with E-state index < -0.39 is 0 Å². The predicted octanol–water partition coefficient (Wildman–Crippen LogP) is 0.622. The molecule has 0 amide bonds. The second-order valence-corrected chi connectivity index (χ2v) is 4.51. The van der Waals surface area contributed by atoms with E-state index in [1.165, 1.54) is 0 Å². The number of rotatable bonds is 9. The van der Waals surface area contributed by atoms with Crippen LogP contribution in [-0.2, 0) is 4.74 Å². The van der Waals surface area contributed by atoms with E-state index in [1.807, 2.05) is 6.92 Å². The van der Waals surface area contributed by atoms with E-state index in [1.54, 1.807) is 0 Å². The van der Waals surface area contributed by atoms with E-state index in [0.29, 0.717) is 12.6 Å². The molecule has 4 nitrogen and oxygen atoms in total. The molecule has 2 atom stereocenters. The molecule has 0 heterocycles. The van der Waals surface area contributed by atoms with Gasteiger partial charge in [0.15, 0.2) is 0 Å². The molecule has 0 fully saturated rings. The molecule has 16 heavy (non-hydrogen) atoms. The summed E-state index contributed by atoms with van der Waals surface area (Å²) in [6.07, 6.45) is 0.162. The third-order valence-electron chi connectivity index (χ3n) is 2.76. The summed E-state index contributed by atoms with van der Waals surface area (Å²) in [5, 5.41) is 0. The molecule has 0 aliphatic rings. The molecule has 0 saturated heterocycles. The van der Waals surface area contributed by atoms with Gasteiger partial charge in [-0.15, -0.1) is 0 Å². The first-order valence-corrected chi connectivity index (χ1v) is 6.25. The minimum atomic E-state index is 0.162. The lowest BCUT2D eigenvalue weighted by atomic mass is 10.2. The van der Waals surface area contributed by atoms with Gasteiger partial charge in [-0.2, -0.15) is 0 Å². The lowest BCUT2D eigenvalue weighted by molar-refractivity contribution is 0.0278. The first-order chi connectivity index (χ1) is 7.54.